The van der Waals surface area contributed by atoms with Crippen LogP contribution in [0.1, 0.15) is 26.7 Å². The quantitative estimate of drug-likeness (QED) is 0.744. The summed E-state index contributed by atoms with van der Waals surface area (Å²) in [4.78, 5) is 0. The second kappa shape index (κ2) is 6.30. The van der Waals surface area contributed by atoms with Crippen LogP contribution in [-0.4, -0.2) is 13.2 Å². The SMILES string of the molecule is CCCOc1cc(F)c(F)cc1OCCC. The Morgan fingerprint density at radius 2 is 1.25 bits per heavy atom. The molecule has 16 heavy (non-hydrogen) atoms. The average molecular weight is 230 g/mol. The molecule has 0 saturated heterocycles. The van der Waals surface area contributed by atoms with E-state index >= 15 is 0 Å². The first-order chi connectivity index (χ1) is 7.69. The first-order valence-corrected chi connectivity index (χ1v) is 5.43. The van der Waals surface area contributed by atoms with Gasteiger partial charge in [0.15, 0.2) is 23.1 Å². The average Bonchev–Trinajstić information content (AvgIpc) is 2.28. The first-order valence-electron chi connectivity index (χ1n) is 5.43. The van der Waals surface area contributed by atoms with Gasteiger partial charge in [0.05, 0.1) is 13.2 Å². The lowest BCUT2D eigenvalue weighted by atomic mass is 10.3. The third-order valence-corrected chi connectivity index (χ3v) is 1.91. The van der Waals surface area contributed by atoms with Gasteiger partial charge in [0, 0.05) is 12.1 Å². The van der Waals surface area contributed by atoms with Gasteiger partial charge in [-0.05, 0) is 12.8 Å². The summed E-state index contributed by atoms with van der Waals surface area (Å²) in [5, 5.41) is 0. The molecular formula is C12H16F2O2. The van der Waals surface area contributed by atoms with Crippen LogP contribution in [0, 0.1) is 11.6 Å². The van der Waals surface area contributed by atoms with Crippen LogP contribution in [0.2, 0.25) is 0 Å². The minimum absolute atomic E-state index is 0.259. The van der Waals surface area contributed by atoms with E-state index in [1.54, 1.807) is 0 Å². The molecule has 0 spiro atoms. The molecule has 0 aliphatic carbocycles. The zero-order valence-electron chi connectivity index (χ0n) is 9.56. The monoisotopic (exact) mass is 230 g/mol. The summed E-state index contributed by atoms with van der Waals surface area (Å²) in [5.74, 6) is -1.33. The predicted molar refractivity (Wildman–Crippen MR) is 57.9 cm³/mol. The van der Waals surface area contributed by atoms with Gasteiger partial charge in [-0.1, -0.05) is 13.8 Å². The Morgan fingerprint density at radius 3 is 1.56 bits per heavy atom. The molecule has 0 heterocycles. The van der Waals surface area contributed by atoms with Gasteiger partial charge < -0.3 is 9.47 Å². The molecule has 90 valence electrons. The van der Waals surface area contributed by atoms with Gasteiger partial charge in [-0.2, -0.15) is 0 Å². The minimum atomic E-state index is -0.921. The Labute approximate surface area is 94.2 Å². The van der Waals surface area contributed by atoms with E-state index in [0.717, 1.165) is 25.0 Å². The fourth-order valence-electron chi connectivity index (χ4n) is 1.16. The molecule has 0 unspecified atom stereocenters. The molecule has 0 amide bonds. The van der Waals surface area contributed by atoms with Gasteiger partial charge in [0.1, 0.15) is 0 Å². The van der Waals surface area contributed by atoms with Crippen LogP contribution in [-0.2, 0) is 0 Å². The van der Waals surface area contributed by atoms with E-state index in [1.165, 1.54) is 0 Å². The maximum Gasteiger partial charge on any atom is 0.164 e. The maximum atomic E-state index is 13.0. The van der Waals surface area contributed by atoms with E-state index in [9.17, 15) is 8.78 Å². The van der Waals surface area contributed by atoms with Crippen molar-refractivity contribution in [1.82, 2.24) is 0 Å². The van der Waals surface area contributed by atoms with E-state index in [-0.39, 0.29) is 11.5 Å². The summed E-state index contributed by atoms with van der Waals surface area (Å²) < 4.78 is 36.6. The molecule has 0 atom stereocenters. The van der Waals surface area contributed by atoms with Crippen LogP contribution >= 0.6 is 0 Å². The number of ether oxygens (including phenoxy) is 2. The third kappa shape index (κ3) is 3.36. The summed E-state index contributed by atoms with van der Waals surface area (Å²) in [6.45, 7) is 4.78. The fourth-order valence-corrected chi connectivity index (χ4v) is 1.16. The third-order valence-electron chi connectivity index (χ3n) is 1.91. The fraction of sp³-hybridized carbons (Fsp3) is 0.500. The molecule has 0 aromatic heterocycles. The second-order valence-corrected chi connectivity index (χ2v) is 3.41. The lowest BCUT2D eigenvalue weighted by Crippen LogP contribution is -2.02. The molecule has 1 rings (SSSR count). The number of hydrogen-bond donors (Lipinski definition) is 0. The topological polar surface area (TPSA) is 18.5 Å². The summed E-state index contributed by atoms with van der Waals surface area (Å²) in [5.41, 5.74) is 0. The summed E-state index contributed by atoms with van der Waals surface area (Å²) >= 11 is 0. The Kier molecular flexibility index (Phi) is 5.02. The second-order valence-electron chi connectivity index (χ2n) is 3.41. The van der Waals surface area contributed by atoms with Crippen molar-refractivity contribution in [2.45, 2.75) is 26.7 Å². The van der Waals surface area contributed by atoms with E-state index < -0.39 is 11.6 Å². The highest BCUT2D eigenvalue weighted by Gasteiger charge is 2.11. The van der Waals surface area contributed by atoms with Gasteiger partial charge in [0.25, 0.3) is 0 Å². The Hall–Kier alpha value is -1.32. The van der Waals surface area contributed by atoms with Crippen LogP contribution in [0.3, 0.4) is 0 Å². The molecule has 0 N–H and O–H groups in total. The van der Waals surface area contributed by atoms with Gasteiger partial charge in [-0.3, -0.25) is 0 Å². The van der Waals surface area contributed by atoms with Crippen molar-refractivity contribution in [3.8, 4) is 11.5 Å². The van der Waals surface area contributed by atoms with Gasteiger partial charge >= 0.3 is 0 Å². The van der Waals surface area contributed by atoms with Gasteiger partial charge in [-0.15, -0.1) is 0 Å². The highest BCUT2D eigenvalue weighted by molar-refractivity contribution is 5.40. The summed E-state index contributed by atoms with van der Waals surface area (Å²) in [6, 6.07) is 2.05. The van der Waals surface area contributed by atoms with Crippen molar-refractivity contribution in [2.24, 2.45) is 0 Å². The molecular weight excluding hydrogens is 214 g/mol. The van der Waals surface area contributed by atoms with E-state index in [0.29, 0.717) is 13.2 Å². The molecule has 0 radical (unpaired) electrons. The molecule has 2 nitrogen and oxygen atoms in total. The van der Waals surface area contributed by atoms with Crippen molar-refractivity contribution < 1.29 is 18.3 Å². The highest BCUT2D eigenvalue weighted by atomic mass is 19.2. The van der Waals surface area contributed by atoms with Crippen molar-refractivity contribution in [2.75, 3.05) is 13.2 Å². The predicted octanol–water partition coefficient (Wildman–Crippen LogP) is 3.54. The van der Waals surface area contributed by atoms with Crippen LogP contribution in [0.5, 0.6) is 11.5 Å². The van der Waals surface area contributed by atoms with Crippen molar-refractivity contribution in [1.29, 1.82) is 0 Å². The standard InChI is InChI=1S/C12H16F2O2/c1-3-5-15-11-7-9(13)10(14)8-12(11)16-6-4-2/h7-8H,3-6H2,1-2H3. The van der Waals surface area contributed by atoms with Crippen molar-refractivity contribution in [3.05, 3.63) is 23.8 Å². The summed E-state index contributed by atoms with van der Waals surface area (Å²) in [6.07, 6.45) is 1.60. The van der Waals surface area contributed by atoms with Gasteiger partial charge in [-0.25, -0.2) is 8.78 Å². The highest BCUT2D eigenvalue weighted by Crippen LogP contribution is 2.30. The Morgan fingerprint density at radius 1 is 0.875 bits per heavy atom. The molecule has 1 aromatic rings. The molecule has 1 aromatic carbocycles. The number of halogens is 2. The molecule has 0 fully saturated rings. The van der Waals surface area contributed by atoms with Crippen molar-refractivity contribution >= 4 is 0 Å². The molecule has 0 bridgehead atoms. The molecule has 0 saturated carbocycles. The zero-order valence-corrected chi connectivity index (χ0v) is 9.56. The largest absolute Gasteiger partial charge is 0.490 e. The van der Waals surface area contributed by atoms with E-state index in [4.69, 9.17) is 9.47 Å². The Bertz CT molecular complexity index is 307. The lowest BCUT2D eigenvalue weighted by Gasteiger charge is -2.12. The van der Waals surface area contributed by atoms with Crippen LogP contribution in [0.25, 0.3) is 0 Å². The first kappa shape index (κ1) is 12.7. The Balaban J connectivity index is 2.87. The molecule has 0 aliphatic rings. The van der Waals surface area contributed by atoms with Crippen molar-refractivity contribution in [3.63, 3.8) is 0 Å². The smallest absolute Gasteiger partial charge is 0.164 e. The van der Waals surface area contributed by atoms with Crippen LogP contribution in [0.15, 0.2) is 12.1 Å². The summed E-state index contributed by atoms with van der Waals surface area (Å²) in [7, 11) is 0. The van der Waals surface area contributed by atoms with E-state index in [1.807, 2.05) is 13.8 Å². The molecule has 0 aliphatic heterocycles. The zero-order chi connectivity index (χ0) is 12.0. The lowest BCUT2D eigenvalue weighted by molar-refractivity contribution is 0.264. The number of hydrogen-bond acceptors (Lipinski definition) is 2. The maximum absolute atomic E-state index is 13.0. The van der Waals surface area contributed by atoms with E-state index in [2.05, 4.69) is 0 Å². The molecule has 4 heteroatoms. The van der Waals surface area contributed by atoms with Gasteiger partial charge in [0.2, 0.25) is 0 Å². The number of rotatable bonds is 6. The minimum Gasteiger partial charge on any atom is -0.490 e. The number of benzene rings is 1. The van der Waals surface area contributed by atoms with Crippen LogP contribution < -0.4 is 9.47 Å². The normalized spacial score (nSPS) is 10.2. The van der Waals surface area contributed by atoms with Crippen LogP contribution in [0.4, 0.5) is 8.78 Å².